The number of nitrogens with zero attached hydrogens (tertiary/aromatic N) is 5. The number of hydrogen-bond donors (Lipinski definition) is 0. The summed E-state index contributed by atoms with van der Waals surface area (Å²) in [4.78, 5) is 15.8. The summed E-state index contributed by atoms with van der Waals surface area (Å²) in [7, 11) is 0. The summed E-state index contributed by atoms with van der Waals surface area (Å²) in [6.45, 7) is 3.23. The van der Waals surface area contributed by atoms with E-state index in [2.05, 4.69) is 44.7 Å². The van der Waals surface area contributed by atoms with Gasteiger partial charge in [0, 0.05) is 16.2 Å². The first-order valence-corrected chi connectivity index (χ1v) is 6.38. The highest BCUT2D eigenvalue weighted by molar-refractivity contribution is 14.1. The second kappa shape index (κ2) is 5.39. The van der Waals surface area contributed by atoms with E-state index >= 15 is 0 Å². The maximum Gasteiger partial charge on any atom is 0.268 e. The van der Waals surface area contributed by atoms with E-state index in [4.69, 9.17) is 0 Å². The topological polar surface area (TPSA) is 65.6 Å². The molecular weight excluding hydrogens is 333 g/mol. The Balaban J connectivity index is 2.25. The van der Waals surface area contributed by atoms with Crippen molar-refractivity contribution in [2.75, 3.05) is 0 Å². The zero-order valence-electron chi connectivity index (χ0n) is 9.38. The molecule has 0 aliphatic carbocycles. The largest absolute Gasteiger partial charge is 0.268 e. The summed E-state index contributed by atoms with van der Waals surface area (Å²) in [6, 6.07) is 1.55. The van der Waals surface area contributed by atoms with Crippen molar-refractivity contribution in [3.8, 4) is 0 Å². The number of aryl methyl sites for hydroxylation is 1. The molecule has 2 heterocycles. The molecule has 7 heteroatoms. The van der Waals surface area contributed by atoms with E-state index in [0.717, 1.165) is 22.4 Å². The third kappa shape index (κ3) is 2.90. The van der Waals surface area contributed by atoms with Gasteiger partial charge in [-0.3, -0.25) is 4.79 Å². The lowest BCUT2D eigenvalue weighted by atomic mass is 10.4. The molecule has 2 aromatic heterocycles. The van der Waals surface area contributed by atoms with Crippen LogP contribution in [0, 0.1) is 3.57 Å². The molecule has 0 radical (unpaired) electrons. The Morgan fingerprint density at radius 3 is 2.88 bits per heavy atom. The quantitative estimate of drug-likeness (QED) is 0.773. The van der Waals surface area contributed by atoms with E-state index in [0.29, 0.717) is 6.54 Å². The Morgan fingerprint density at radius 1 is 1.35 bits per heavy atom. The third-order valence-electron chi connectivity index (χ3n) is 2.26. The van der Waals surface area contributed by atoms with E-state index in [1.807, 2.05) is 0 Å². The van der Waals surface area contributed by atoms with Crippen LogP contribution in [0.25, 0.3) is 0 Å². The van der Waals surface area contributed by atoms with Gasteiger partial charge in [0.25, 0.3) is 5.56 Å². The molecule has 0 saturated heterocycles. The Bertz CT molecular complexity index is 562. The third-order valence-corrected chi connectivity index (χ3v) is 2.85. The first-order valence-electron chi connectivity index (χ1n) is 5.30. The van der Waals surface area contributed by atoms with Crippen LogP contribution in [0.15, 0.2) is 23.4 Å². The van der Waals surface area contributed by atoms with Crippen molar-refractivity contribution >= 4 is 22.6 Å². The van der Waals surface area contributed by atoms with Gasteiger partial charge in [-0.15, -0.1) is 0 Å². The highest BCUT2D eigenvalue weighted by Gasteiger charge is 2.06. The molecule has 0 aromatic carbocycles. The fourth-order valence-electron chi connectivity index (χ4n) is 1.47. The summed E-state index contributed by atoms with van der Waals surface area (Å²) in [6.07, 6.45) is 4.14. The maximum atomic E-state index is 11.7. The van der Waals surface area contributed by atoms with Crippen LogP contribution in [0.5, 0.6) is 0 Å². The zero-order chi connectivity index (χ0) is 12.3. The molecule has 0 bridgehead atoms. The van der Waals surface area contributed by atoms with E-state index in [-0.39, 0.29) is 5.56 Å². The van der Waals surface area contributed by atoms with Gasteiger partial charge in [-0.2, -0.15) is 10.2 Å². The summed E-state index contributed by atoms with van der Waals surface area (Å²) in [5.74, 6) is 0.752. The van der Waals surface area contributed by atoms with Crippen LogP contribution >= 0.6 is 22.6 Å². The van der Waals surface area contributed by atoms with Crippen LogP contribution in [0.2, 0.25) is 0 Å². The first-order chi connectivity index (χ1) is 8.20. The zero-order valence-corrected chi connectivity index (χ0v) is 11.5. The molecule has 0 N–H and O–H groups in total. The predicted molar refractivity (Wildman–Crippen MR) is 70.6 cm³/mol. The Kier molecular flexibility index (Phi) is 3.87. The van der Waals surface area contributed by atoms with E-state index in [1.165, 1.54) is 11.0 Å². The molecule has 2 rings (SSSR count). The molecule has 0 fully saturated rings. The van der Waals surface area contributed by atoms with Crippen molar-refractivity contribution in [1.29, 1.82) is 0 Å². The molecule has 0 unspecified atom stereocenters. The molecule has 6 nitrogen and oxygen atoms in total. The van der Waals surface area contributed by atoms with E-state index in [9.17, 15) is 4.79 Å². The Labute approximate surface area is 112 Å². The minimum atomic E-state index is -0.122. The maximum absolute atomic E-state index is 11.7. The average Bonchev–Trinajstić information content (AvgIpc) is 2.71. The lowest BCUT2D eigenvalue weighted by Gasteiger charge is -2.05. The van der Waals surface area contributed by atoms with Gasteiger partial charge >= 0.3 is 0 Å². The lowest BCUT2D eigenvalue weighted by Crippen LogP contribution is -2.24. The van der Waals surface area contributed by atoms with Gasteiger partial charge in [0.2, 0.25) is 0 Å². The van der Waals surface area contributed by atoms with Crippen LogP contribution in [0.4, 0.5) is 0 Å². The minimum Gasteiger partial charge on any atom is -0.268 e. The van der Waals surface area contributed by atoms with Gasteiger partial charge in [-0.25, -0.2) is 14.3 Å². The second-order valence-electron chi connectivity index (χ2n) is 3.57. The SMILES string of the molecule is CCCn1ncnc1Cn1ncc(I)cc1=O. The van der Waals surface area contributed by atoms with Crippen molar-refractivity contribution in [3.05, 3.63) is 38.3 Å². The van der Waals surface area contributed by atoms with E-state index in [1.54, 1.807) is 16.9 Å². The van der Waals surface area contributed by atoms with Crippen LogP contribution in [0.3, 0.4) is 0 Å². The van der Waals surface area contributed by atoms with Crippen molar-refractivity contribution in [2.24, 2.45) is 0 Å². The van der Waals surface area contributed by atoms with Crippen LogP contribution in [-0.2, 0) is 13.1 Å². The van der Waals surface area contributed by atoms with Gasteiger partial charge in [0.1, 0.15) is 18.7 Å². The van der Waals surface area contributed by atoms with Crippen LogP contribution in [0.1, 0.15) is 19.2 Å². The standard InChI is InChI=1S/C10H12IN5O/c1-2-3-15-9(12-7-14-15)6-16-10(17)4-8(11)5-13-16/h4-5,7H,2-3,6H2,1H3. The molecule has 90 valence electrons. The van der Waals surface area contributed by atoms with Crippen molar-refractivity contribution in [3.63, 3.8) is 0 Å². The first kappa shape index (κ1) is 12.2. The van der Waals surface area contributed by atoms with E-state index < -0.39 is 0 Å². The van der Waals surface area contributed by atoms with Crippen molar-refractivity contribution in [1.82, 2.24) is 24.5 Å². The van der Waals surface area contributed by atoms with Crippen molar-refractivity contribution < 1.29 is 0 Å². The van der Waals surface area contributed by atoms with Crippen LogP contribution < -0.4 is 5.56 Å². The average molecular weight is 345 g/mol. The number of rotatable bonds is 4. The van der Waals surface area contributed by atoms with Gasteiger partial charge < -0.3 is 0 Å². The molecule has 17 heavy (non-hydrogen) atoms. The second-order valence-corrected chi connectivity index (χ2v) is 4.81. The highest BCUT2D eigenvalue weighted by atomic mass is 127. The molecule has 0 aliphatic heterocycles. The lowest BCUT2D eigenvalue weighted by molar-refractivity contribution is 0.527. The van der Waals surface area contributed by atoms with Crippen molar-refractivity contribution in [2.45, 2.75) is 26.4 Å². The molecule has 0 aliphatic rings. The molecule has 0 amide bonds. The predicted octanol–water partition coefficient (Wildman–Crippen LogP) is 0.898. The Morgan fingerprint density at radius 2 is 2.18 bits per heavy atom. The molecule has 0 atom stereocenters. The fourth-order valence-corrected chi connectivity index (χ4v) is 1.86. The molecule has 2 aromatic rings. The summed E-state index contributed by atoms with van der Waals surface area (Å²) in [5.41, 5.74) is -0.122. The normalized spacial score (nSPS) is 10.7. The van der Waals surface area contributed by atoms with Gasteiger partial charge in [0.15, 0.2) is 0 Å². The summed E-state index contributed by atoms with van der Waals surface area (Å²) in [5, 5.41) is 8.18. The van der Waals surface area contributed by atoms with Crippen LogP contribution in [-0.4, -0.2) is 24.5 Å². The summed E-state index contributed by atoms with van der Waals surface area (Å²) >= 11 is 2.06. The number of aromatic nitrogens is 5. The van der Waals surface area contributed by atoms with Gasteiger partial charge in [0.05, 0.1) is 6.20 Å². The highest BCUT2D eigenvalue weighted by Crippen LogP contribution is 1.99. The molecule has 0 saturated carbocycles. The van der Waals surface area contributed by atoms with Gasteiger partial charge in [-0.05, 0) is 29.0 Å². The number of halogens is 1. The molecular formula is C10H12IN5O. The minimum absolute atomic E-state index is 0.122. The molecule has 0 spiro atoms. The summed E-state index contributed by atoms with van der Waals surface area (Å²) < 4.78 is 4.02. The smallest absolute Gasteiger partial charge is 0.268 e. The van der Waals surface area contributed by atoms with Gasteiger partial charge in [-0.1, -0.05) is 6.92 Å². The fraction of sp³-hybridized carbons (Fsp3) is 0.400. The monoisotopic (exact) mass is 345 g/mol. The Hall–Kier alpha value is -1.25. The number of hydrogen-bond acceptors (Lipinski definition) is 4.